The molecule has 0 heterocycles. The van der Waals surface area contributed by atoms with Crippen molar-refractivity contribution < 1.29 is 14.3 Å². The summed E-state index contributed by atoms with van der Waals surface area (Å²) in [5.41, 5.74) is 1.56. The summed E-state index contributed by atoms with van der Waals surface area (Å²) >= 11 is 0. The molecule has 0 aliphatic heterocycles. The van der Waals surface area contributed by atoms with E-state index >= 15 is 0 Å². The molecule has 0 N–H and O–H groups in total. The van der Waals surface area contributed by atoms with Gasteiger partial charge in [-0.3, -0.25) is 0 Å². The number of carbonyl (C=O) groups is 1. The number of hydrogen-bond acceptors (Lipinski definition) is 4. The molecule has 0 unspecified atom stereocenters. The van der Waals surface area contributed by atoms with E-state index in [4.69, 9.17) is 14.7 Å². The van der Waals surface area contributed by atoms with Crippen LogP contribution in [0.5, 0.6) is 11.5 Å². The van der Waals surface area contributed by atoms with E-state index in [1.165, 1.54) is 0 Å². The van der Waals surface area contributed by atoms with Crippen molar-refractivity contribution in [2.45, 2.75) is 6.61 Å². The van der Waals surface area contributed by atoms with Crippen LogP contribution in [0.3, 0.4) is 0 Å². The molecule has 4 nitrogen and oxygen atoms in total. The van der Waals surface area contributed by atoms with E-state index in [9.17, 15) is 4.79 Å². The number of ether oxygens (including phenoxy) is 2. The van der Waals surface area contributed by atoms with Gasteiger partial charge in [0.1, 0.15) is 18.1 Å². The van der Waals surface area contributed by atoms with Crippen molar-refractivity contribution in [1.29, 1.82) is 5.26 Å². The van der Waals surface area contributed by atoms with Gasteiger partial charge in [-0.1, -0.05) is 42.5 Å². The summed E-state index contributed by atoms with van der Waals surface area (Å²) < 4.78 is 11.0. The summed E-state index contributed by atoms with van der Waals surface area (Å²) in [6, 6.07) is 25.2. The number of carbonyl (C=O) groups excluding carboxylic acids is 1. The lowest BCUT2D eigenvalue weighted by Gasteiger charge is -2.09. The molecule has 0 spiro atoms. The molecule has 3 aromatic rings. The molecule has 0 saturated carbocycles. The van der Waals surface area contributed by atoms with Gasteiger partial charge in [0.2, 0.25) is 0 Å². The van der Waals surface area contributed by atoms with Crippen LogP contribution in [0.25, 0.3) is 0 Å². The maximum absolute atomic E-state index is 12.3. The average Bonchev–Trinajstić information content (AvgIpc) is 2.67. The lowest BCUT2D eigenvalue weighted by atomic mass is 10.1. The number of rotatable bonds is 5. The molecule has 0 aliphatic carbocycles. The first-order valence-electron chi connectivity index (χ1n) is 7.74. The predicted molar refractivity (Wildman–Crippen MR) is 93.2 cm³/mol. The highest BCUT2D eigenvalue weighted by molar-refractivity contribution is 5.89. The van der Waals surface area contributed by atoms with Gasteiger partial charge in [-0.2, -0.15) is 5.26 Å². The topological polar surface area (TPSA) is 59.3 Å². The van der Waals surface area contributed by atoms with Gasteiger partial charge in [0.15, 0.2) is 0 Å². The Kier molecular flexibility index (Phi) is 5.08. The van der Waals surface area contributed by atoms with Crippen molar-refractivity contribution in [2.75, 3.05) is 0 Å². The Morgan fingerprint density at radius 1 is 0.880 bits per heavy atom. The third kappa shape index (κ3) is 4.24. The zero-order valence-corrected chi connectivity index (χ0v) is 13.4. The standard InChI is InChI=1S/C21H15NO3/c22-14-17-7-4-5-8-18(17)15-24-21(23)16-9-6-12-20(13-16)25-19-10-2-1-3-11-19/h1-13H,15H2. The van der Waals surface area contributed by atoms with Gasteiger partial charge in [0.25, 0.3) is 0 Å². The zero-order chi connectivity index (χ0) is 17.5. The summed E-state index contributed by atoms with van der Waals surface area (Å²) in [5.74, 6) is 0.778. The number of para-hydroxylation sites is 1. The highest BCUT2D eigenvalue weighted by Gasteiger charge is 2.10. The highest BCUT2D eigenvalue weighted by Crippen LogP contribution is 2.22. The largest absolute Gasteiger partial charge is 0.457 e. The van der Waals surface area contributed by atoms with Crippen LogP contribution >= 0.6 is 0 Å². The van der Waals surface area contributed by atoms with E-state index in [1.807, 2.05) is 30.3 Å². The maximum Gasteiger partial charge on any atom is 0.338 e. The van der Waals surface area contributed by atoms with E-state index in [1.54, 1.807) is 48.5 Å². The zero-order valence-electron chi connectivity index (χ0n) is 13.4. The van der Waals surface area contributed by atoms with Crippen molar-refractivity contribution in [2.24, 2.45) is 0 Å². The van der Waals surface area contributed by atoms with Crippen LogP contribution in [0, 0.1) is 11.3 Å². The third-order valence-electron chi connectivity index (χ3n) is 3.55. The van der Waals surface area contributed by atoms with Crippen molar-refractivity contribution >= 4 is 5.97 Å². The van der Waals surface area contributed by atoms with Gasteiger partial charge in [0.05, 0.1) is 17.2 Å². The molecule has 0 atom stereocenters. The van der Waals surface area contributed by atoms with Gasteiger partial charge in [-0.25, -0.2) is 4.79 Å². The molecule has 0 radical (unpaired) electrons. The molecule has 4 heteroatoms. The summed E-state index contributed by atoms with van der Waals surface area (Å²) in [4.78, 5) is 12.3. The van der Waals surface area contributed by atoms with Crippen molar-refractivity contribution in [3.8, 4) is 17.6 Å². The summed E-state index contributed by atoms with van der Waals surface area (Å²) in [5, 5.41) is 9.07. The minimum absolute atomic E-state index is 0.0480. The van der Waals surface area contributed by atoms with Gasteiger partial charge in [0, 0.05) is 5.56 Å². The minimum atomic E-state index is -0.466. The quantitative estimate of drug-likeness (QED) is 0.636. The molecule has 3 aromatic carbocycles. The SMILES string of the molecule is N#Cc1ccccc1COC(=O)c1cccc(Oc2ccccc2)c1. The van der Waals surface area contributed by atoms with E-state index in [0.717, 1.165) is 0 Å². The second-order valence-corrected chi connectivity index (χ2v) is 5.29. The van der Waals surface area contributed by atoms with E-state index < -0.39 is 5.97 Å². The molecule has 0 bridgehead atoms. The third-order valence-corrected chi connectivity index (χ3v) is 3.55. The Labute approximate surface area is 145 Å². The van der Waals surface area contributed by atoms with Crippen LogP contribution in [-0.2, 0) is 11.3 Å². The molecule has 0 aromatic heterocycles. The van der Waals surface area contributed by atoms with Crippen molar-refractivity contribution in [1.82, 2.24) is 0 Å². The number of nitriles is 1. The van der Waals surface area contributed by atoms with Crippen molar-refractivity contribution in [3.63, 3.8) is 0 Å². The van der Waals surface area contributed by atoms with Crippen LogP contribution in [0.1, 0.15) is 21.5 Å². The Hall–Kier alpha value is -3.58. The molecule has 0 aliphatic rings. The Morgan fingerprint density at radius 2 is 1.60 bits per heavy atom. The minimum Gasteiger partial charge on any atom is -0.457 e. The fraction of sp³-hybridized carbons (Fsp3) is 0.0476. The first-order valence-corrected chi connectivity index (χ1v) is 7.74. The molecular formula is C21H15NO3. The lowest BCUT2D eigenvalue weighted by molar-refractivity contribution is 0.0472. The van der Waals surface area contributed by atoms with E-state index in [2.05, 4.69) is 6.07 Å². The average molecular weight is 329 g/mol. The molecular weight excluding hydrogens is 314 g/mol. The number of benzene rings is 3. The van der Waals surface area contributed by atoms with Gasteiger partial charge >= 0.3 is 5.97 Å². The Bertz CT molecular complexity index is 914. The molecule has 0 saturated heterocycles. The summed E-state index contributed by atoms with van der Waals surface area (Å²) in [6.45, 7) is 0.0480. The van der Waals surface area contributed by atoms with Crippen LogP contribution in [0.2, 0.25) is 0 Å². The van der Waals surface area contributed by atoms with E-state index in [-0.39, 0.29) is 6.61 Å². The normalized spacial score (nSPS) is 9.88. The van der Waals surface area contributed by atoms with Crippen LogP contribution in [0.15, 0.2) is 78.9 Å². The molecule has 0 amide bonds. The maximum atomic E-state index is 12.3. The van der Waals surface area contributed by atoms with Gasteiger partial charge in [-0.05, 0) is 36.4 Å². The predicted octanol–water partition coefficient (Wildman–Crippen LogP) is 4.71. The molecule has 25 heavy (non-hydrogen) atoms. The molecule has 0 fully saturated rings. The van der Waals surface area contributed by atoms with Crippen molar-refractivity contribution in [3.05, 3.63) is 95.6 Å². The fourth-order valence-electron chi connectivity index (χ4n) is 2.29. The Morgan fingerprint density at radius 3 is 2.40 bits per heavy atom. The highest BCUT2D eigenvalue weighted by atomic mass is 16.5. The first-order chi connectivity index (χ1) is 12.3. The molecule has 122 valence electrons. The monoisotopic (exact) mass is 329 g/mol. The smallest absolute Gasteiger partial charge is 0.338 e. The fourth-order valence-corrected chi connectivity index (χ4v) is 2.29. The second kappa shape index (κ2) is 7.80. The summed E-state index contributed by atoms with van der Waals surface area (Å²) in [7, 11) is 0. The summed E-state index contributed by atoms with van der Waals surface area (Å²) in [6.07, 6.45) is 0. The lowest BCUT2D eigenvalue weighted by Crippen LogP contribution is -2.06. The van der Waals surface area contributed by atoms with Crippen LogP contribution in [-0.4, -0.2) is 5.97 Å². The first kappa shape index (κ1) is 16.3. The number of nitrogens with zero attached hydrogens (tertiary/aromatic N) is 1. The number of hydrogen-bond donors (Lipinski definition) is 0. The van der Waals surface area contributed by atoms with E-state index in [0.29, 0.717) is 28.2 Å². The van der Waals surface area contributed by atoms with Crippen LogP contribution < -0.4 is 4.74 Å². The second-order valence-electron chi connectivity index (χ2n) is 5.29. The van der Waals surface area contributed by atoms with Crippen LogP contribution in [0.4, 0.5) is 0 Å². The van der Waals surface area contributed by atoms with Gasteiger partial charge < -0.3 is 9.47 Å². The van der Waals surface area contributed by atoms with Gasteiger partial charge in [-0.15, -0.1) is 0 Å². The number of esters is 1. The Balaban J connectivity index is 1.68. The molecule has 3 rings (SSSR count).